The second-order valence-corrected chi connectivity index (χ2v) is 6.90. The Morgan fingerprint density at radius 3 is 2.48 bits per heavy atom. The fourth-order valence-electron chi connectivity index (χ4n) is 1.67. The lowest BCUT2D eigenvalue weighted by Gasteiger charge is -2.08. The number of carbonyl (C=O) groups excluding carboxylic acids is 1. The molecule has 0 unspecified atom stereocenters. The normalized spacial score (nSPS) is 11.4. The van der Waals surface area contributed by atoms with E-state index in [9.17, 15) is 22.0 Å². The molecule has 0 saturated heterocycles. The van der Waals surface area contributed by atoms with E-state index in [0.717, 1.165) is 19.3 Å². The molecular weight excluding hydrogens is 326 g/mol. The van der Waals surface area contributed by atoms with Crippen LogP contribution in [0.4, 0.5) is 8.78 Å². The maximum atomic E-state index is 13.9. The van der Waals surface area contributed by atoms with Crippen molar-refractivity contribution in [3.05, 3.63) is 29.3 Å². The summed E-state index contributed by atoms with van der Waals surface area (Å²) in [4.78, 5) is 10.7. The predicted molar refractivity (Wildman–Crippen MR) is 73.8 cm³/mol. The molecule has 0 atom stereocenters. The Bertz CT molecular complexity index is 617. The van der Waals surface area contributed by atoms with Gasteiger partial charge in [0.1, 0.15) is 16.3 Å². The third-order valence-corrected chi connectivity index (χ3v) is 4.09. The molecule has 0 N–H and O–H groups in total. The molecule has 21 heavy (non-hydrogen) atoms. The molecule has 0 saturated carbocycles. The number of benzene rings is 1. The summed E-state index contributed by atoms with van der Waals surface area (Å²) in [5, 5.41) is 0. The van der Waals surface area contributed by atoms with Crippen molar-refractivity contribution in [2.45, 2.75) is 37.5 Å². The third kappa shape index (κ3) is 4.93. The van der Waals surface area contributed by atoms with Crippen LogP contribution in [0.5, 0.6) is 0 Å². The molecule has 1 aromatic rings. The van der Waals surface area contributed by atoms with Crippen LogP contribution < -0.4 is 0 Å². The Hall–Kier alpha value is -1.21. The topological polar surface area (TPSA) is 60.4 Å². The summed E-state index contributed by atoms with van der Waals surface area (Å²) in [5.74, 6) is -3.98. The zero-order valence-corrected chi connectivity index (χ0v) is 12.9. The van der Waals surface area contributed by atoms with Gasteiger partial charge in [0.05, 0.1) is 6.61 Å². The first-order valence-corrected chi connectivity index (χ1v) is 8.69. The Morgan fingerprint density at radius 2 is 1.90 bits per heavy atom. The molecule has 8 heteroatoms. The van der Waals surface area contributed by atoms with E-state index in [1.807, 2.05) is 6.92 Å². The Balaban J connectivity index is 2.89. The summed E-state index contributed by atoms with van der Waals surface area (Å²) in [6.07, 6.45) is 3.34. The molecule has 1 aromatic carbocycles. The van der Waals surface area contributed by atoms with Gasteiger partial charge < -0.3 is 4.74 Å². The van der Waals surface area contributed by atoms with Crippen LogP contribution in [0.25, 0.3) is 0 Å². The Labute approximate surface area is 126 Å². The van der Waals surface area contributed by atoms with Crippen LogP contribution >= 0.6 is 10.7 Å². The molecule has 0 aromatic heterocycles. The van der Waals surface area contributed by atoms with Crippen LogP contribution in [0.15, 0.2) is 17.0 Å². The maximum Gasteiger partial charge on any atom is 0.344 e. The number of carbonyl (C=O) groups is 1. The highest BCUT2D eigenvalue weighted by molar-refractivity contribution is 8.13. The third-order valence-electron chi connectivity index (χ3n) is 2.75. The summed E-state index contributed by atoms with van der Waals surface area (Å²) < 4.78 is 54.4. The molecule has 4 nitrogen and oxygen atoms in total. The average molecular weight is 341 g/mol. The number of hydrogen-bond acceptors (Lipinski definition) is 4. The number of esters is 1. The summed E-state index contributed by atoms with van der Waals surface area (Å²) >= 11 is 0. The SMILES string of the molecule is CCCCCCOC(=O)c1c(F)ccc(S(=O)(=O)Cl)c1F. The van der Waals surface area contributed by atoms with Gasteiger partial charge in [-0.05, 0) is 18.6 Å². The van der Waals surface area contributed by atoms with Gasteiger partial charge in [0.25, 0.3) is 9.05 Å². The molecular formula is C13H15ClF2O4S. The molecule has 0 aliphatic carbocycles. The second-order valence-electron chi connectivity index (χ2n) is 4.37. The first kappa shape index (κ1) is 17.8. The Morgan fingerprint density at radius 1 is 1.24 bits per heavy atom. The molecule has 0 fully saturated rings. The van der Waals surface area contributed by atoms with Crippen molar-refractivity contribution in [1.82, 2.24) is 0 Å². The first-order chi connectivity index (χ1) is 9.79. The van der Waals surface area contributed by atoms with E-state index in [0.29, 0.717) is 18.6 Å². The van der Waals surface area contributed by atoms with Crippen LogP contribution in [0, 0.1) is 11.6 Å². The van der Waals surface area contributed by atoms with Gasteiger partial charge in [-0.15, -0.1) is 0 Å². The maximum absolute atomic E-state index is 13.9. The number of rotatable bonds is 7. The van der Waals surface area contributed by atoms with E-state index < -0.39 is 37.1 Å². The molecule has 0 aliphatic rings. The number of hydrogen-bond donors (Lipinski definition) is 0. The summed E-state index contributed by atoms with van der Waals surface area (Å²) in [7, 11) is 0.596. The zero-order chi connectivity index (χ0) is 16.0. The Kier molecular flexibility index (Phi) is 6.54. The molecule has 0 radical (unpaired) electrons. The van der Waals surface area contributed by atoms with E-state index in [1.54, 1.807) is 0 Å². The van der Waals surface area contributed by atoms with E-state index in [2.05, 4.69) is 0 Å². The molecule has 118 valence electrons. The van der Waals surface area contributed by atoms with Gasteiger partial charge >= 0.3 is 5.97 Å². The van der Waals surface area contributed by atoms with Crippen LogP contribution in [0.1, 0.15) is 43.0 Å². The lowest BCUT2D eigenvalue weighted by Crippen LogP contribution is -2.13. The summed E-state index contributed by atoms with van der Waals surface area (Å²) in [6, 6.07) is 1.32. The molecule has 0 heterocycles. The molecule has 0 bridgehead atoms. The van der Waals surface area contributed by atoms with Crippen molar-refractivity contribution in [2.75, 3.05) is 6.61 Å². The quantitative estimate of drug-likeness (QED) is 0.432. The largest absolute Gasteiger partial charge is 0.462 e. The van der Waals surface area contributed by atoms with E-state index in [-0.39, 0.29) is 6.61 Å². The van der Waals surface area contributed by atoms with Crippen LogP contribution in [-0.2, 0) is 13.8 Å². The molecule has 1 rings (SSSR count). The van der Waals surface area contributed by atoms with Gasteiger partial charge in [-0.1, -0.05) is 26.2 Å². The highest BCUT2D eigenvalue weighted by Gasteiger charge is 2.26. The van der Waals surface area contributed by atoms with Crippen molar-refractivity contribution in [3.63, 3.8) is 0 Å². The molecule has 0 amide bonds. The minimum atomic E-state index is -4.42. The highest BCUT2D eigenvalue weighted by atomic mass is 35.7. The predicted octanol–water partition coefficient (Wildman–Crippen LogP) is 3.63. The number of halogens is 3. The average Bonchev–Trinajstić information content (AvgIpc) is 2.37. The highest BCUT2D eigenvalue weighted by Crippen LogP contribution is 2.24. The van der Waals surface area contributed by atoms with Crippen molar-refractivity contribution in [1.29, 1.82) is 0 Å². The minimum absolute atomic E-state index is 0.00949. The standard InChI is InChI=1S/C13H15ClF2O4S/c1-2-3-4-5-8-20-13(17)11-9(15)6-7-10(12(11)16)21(14,18)19/h6-7H,2-5,8H2,1H3. The number of ether oxygens (including phenoxy) is 1. The summed E-state index contributed by atoms with van der Waals surface area (Å²) in [5.41, 5.74) is -1.05. The van der Waals surface area contributed by atoms with Crippen molar-refractivity contribution in [2.24, 2.45) is 0 Å². The monoisotopic (exact) mass is 340 g/mol. The number of unbranched alkanes of at least 4 members (excludes halogenated alkanes) is 3. The van der Waals surface area contributed by atoms with E-state index in [1.165, 1.54) is 0 Å². The first-order valence-electron chi connectivity index (χ1n) is 6.38. The molecule has 0 aliphatic heterocycles. The summed E-state index contributed by atoms with van der Waals surface area (Å²) in [6.45, 7) is 2.02. The van der Waals surface area contributed by atoms with E-state index in [4.69, 9.17) is 15.4 Å². The van der Waals surface area contributed by atoms with Crippen LogP contribution in [0.3, 0.4) is 0 Å². The lowest BCUT2D eigenvalue weighted by atomic mass is 10.2. The minimum Gasteiger partial charge on any atom is -0.462 e. The van der Waals surface area contributed by atoms with Gasteiger partial charge in [-0.2, -0.15) is 0 Å². The lowest BCUT2D eigenvalue weighted by molar-refractivity contribution is 0.0486. The molecule has 0 spiro atoms. The van der Waals surface area contributed by atoms with Crippen molar-refractivity contribution in [3.8, 4) is 0 Å². The second kappa shape index (κ2) is 7.70. The van der Waals surface area contributed by atoms with Crippen LogP contribution in [0.2, 0.25) is 0 Å². The smallest absolute Gasteiger partial charge is 0.344 e. The zero-order valence-electron chi connectivity index (χ0n) is 11.4. The van der Waals surface area contributed by atoms with E-state index >= 15 is 0 Å². The van der Waals surface area contributed by atoms with Crippen molar-refractivity contribution < 1.29 is 26.7 Å². The van der Waals surface area contributed by atoms with Gasteiger partial charge in [0.15, 0.2) is 5.82 Å². The van der Waals surface area contributed by atoms with Crippen molar-refractivity contribution >= 4 is 25.7 Å². The van der Waals surface area contributed by atoms with Gasteiger partial charge in [-0.25, -0.2) is 22.0 Å². The van der Waals surface area contributed by atoms with Gasteiger partial charge in [0.2, 0.25) is 0 Å². The van der Waals surface area contributed by atoms with Gasteiger partial charge in [-0.3, -0.25) is 0 Å². The fourth-order valence-corrected chi connectivity index (χ4v) is 2.58. The van der Waals surface area contributed by atoms with Crippen LogP contribution in [-0.4, -0.2) is 21.0 Å². The fraction of sp³-hybridized carbons (Fsp3) is 0.462. The van der Waals surface area contributed by atoms with Gasteiger partial charge in [0, 0.05) is 10.7 Å².